The monoisotopic (exact) mass is 528 g/mol. The lowest BCUT2D eigenvalue weighted by Gasteiger charge is -2.19. The standard InChI is InChI=1S/C30H32N4O5/c1-19-4-5-24(16-20(19)2)17-31-18-27(36)32-26-14-10-23(11-15-26)7-6-22-8-12-25(13-9-22)29(37)33-28(21(3)35)30(38)34-39/h4-5,8-16,21,28,31,35,39H,17-18H2,1-3H3,(H,32,36)(H,33,37)(H,34,38)/t21-,28+/m1/s1. The summed E-state index contributed by atoms with van der Waals surface area (Å²) in [6.45, 7) is 6.26. The highest BCUT2D eigenvalue weighted by atomic mass is 16.5. The van der Waals surface area contributed by atoms with E-state index in [0.29, 0.717) is 17.8 Å². The van der Waals surface area contributed by atoms with E-state index in [0.717, 1.165) is 11.1 Å². The lowest BCUT2D eigenvalue weighted by Crippen LogP contribution is -2.51. The molecule has 9 heteroatoms. The summed E-state index contributed by atoms with van der Waals surface area (Å²) in [5, 5.41) is 26.8. The molecule has 0 aromatic heterocycles. The first-order valence-electron chi connectivity index (χ1n) is 12.4. The number of hydroxylamine groups is 1. The average molecular weight is 529 g/mol. The van der Waals surface area contributed by atoms with Crippen LogP contribution in [0.25, 0.3) is 0 Å². The average Bonchev–Trinajstić information content (AvgIpc) is 2.93. The number of amides is 3. The van der Waals surface area contributed by atoms with Crippen molar-refractivity contribution in [2.45, 2.75) is 39.5 Å². The molecule has 6 N–H and O–H groups in total. The number of benzene rings is 3. The Morgan fingerprint density at radius 3 is 2.05 bits per heavy atom. The highest BCUT2D eigenvalue weighted by Crippen LogP contribution is 2.11. The Labute approximate surface area is 227 Å². The molecule has 0 radical (unpaired) electrons. The fourth-order valence-electron chi connectivity index (χ4n) is 3.62. The zero-order chi connectivity index (χ0) is 28.4. The predicted molar refractivity (Wildman–Crippen MR) is 148 cm³/mol. The van der Waals surface area contributed by atoms with Crippen LogP contribution in [0.5, 0.6) is 0 Å². The summed E-state index contributed by atoms with van der Waals surface area (Å²) in [5.74, 6) is 4.40. The molecule has 202 valence electrons. The number of hydrogen-bond acceptors (Lipinski definition) is 6. The van der Waals surface area contributed by atoms with Gasteiger partial charge in [0.25, 0.3) is 11.8 Å². The number of hydrogen-bond donors (Lipinski definition) is 6. The SMILES string of the molecule is Cc1ccc(CNCC(=O)Nc2ccc(C#Cc3ccc(C(=O)N[C@H](C(=O)NO)[C@@H](C)O)cc3)cc2)cc1C. The normalized spacial score (nSPS) is 11.9. The van der Waals surface area contributed by atoms with Gasteiger partial charge in [-0.25, -0.2) is 5.48 Å². The van der Waals surface area contributed by atoms with Crippen LogP contribution in [0.3, 0.4) is 0 Å². The van der Waals surface area contributed by atoms with Gasteiger partial charge in [-0.1, -0.05) is 30.0 Å². The van der Waals surface area contributed by atoms with Crippen LogP contribution in [0.15, 0.2) is 66.7 Å². The summed E-state index contributed by atoms with van der Waals surface area (Å²) in [6, 6.07) is 18.5. The van der Waals surface area contributed by atoms with Crippen molar-refractivity contribution in [3.05, 3.63) is 100 Å². The molecule has 9 nitrogen and oxygen atoms in total. The van der Waals surface area contributed by atoms with Crippen molar-refractivity contribution in [2.75, 3.05) is 11.9 Å². The van der Waals surface area contributed by atoms with Gasteiger partial charge in [0.15, 0.2) is 0 Å². The predicted octanol–water partition coefficient (Wildman–Crippen LogP) is 2.42. The number of aliphatic hydroxyl groups excluding tert-OH is 1. The fourth-order valence-corrected chi connectivity index (χ4v) is 3.62. The topological polar surface area (TPSA) is 140 Å². The summed E-state index contributed by atoms with van der Waals surface area (Å²) in [4.78, 5) is 36.2. The van der Waals surface area contributed by atoms with Gasteiger partial charge < -0.3 is 21.1 Å². The minimum atomic E-state index is -1.30. The number of carbonyl (C=O) groups is 3. The van der Waals surface area contributed by atoms with Crippen LogP contribution >= 0.6 is 0 Å². The molecule has 0 heterocycles. The van der Waals surface area contributed by atoms with Crippen LogP contribution in [0, 0.1) is 25.7 Å². The first kappa shape index (κ1) is 29.1. The molecule has 0 saturated carbocycles. The van der Waals surface area contributed by atoms with Crippen molar-refractivity contribution in [3.63, 3.8) is 0 Å². The molecule has 3 aromatic rings. The van der Waals surface area contributed by atoms with Crippen molar-refractivity contribution >= 4 is 23.4 Å². The van der Waals surface area contributed by atoms with Gasteiger partial charge in [0.05, 0.1) is 12.6 Å². The molecule has 0 saturated heterocycles. The van der Waals surface area contributed by atoms with E-state index in [9.17, 15) is 19.5 Å². The van der Waals surface area contributed by atoms with Crippen molar-refractivity contribution in [1.82, 2.24) is 16.1 Å². The second-order valence-electron chi connectivity index (χ2n) is 9.14. The number of rotatable bonds is 9. The maximum Gasteiger partial charge on any atom is 0.268 e. The first-order chi connectivity index (χ1) is 18.7. The maximum absolute atomic E-state index is 12.4. The molecular weight excluding hydrogens is 496 g/mol. The molecule has 3 amide bonds. The molecule has 0 unspecified atom stereocenters. The Kier molecular flexibility index (Phi) is 10.3. The Morgan fingerprint density at radius 2 is 1.49 bits per heavy atom. The zero-order valence-corrected chi connectivity index (χ0v) is 22.0. The minimum Gasteiger partial charge on any atom is -0.391 e. The van der Waals surface area contributed by atoms with Crippen molar-refractivity contribution in [1.29, 1.82) is 0 Å². The van der Waals surface area contributed by atoms with E-state index in [-0.39, 0.29) is 18.0 Å². The molecule has 0 aliphatic heterocycles. The van der Waals surface area contributed by atoms with Crippen LogP contribution in [0.4, 0.5) is 5.69 Å². The fraction of sp³-hybridized carbons (Fsp3) is 0.233. The van der Waals surface area contributed by atoms with Gasteiger partial charge in [-0.2, -0.15) is 0 Å². The lowest BCUT2D eigenvalue weighted by atomic mass is 10.1. The molecule has 2 atom stereocenters. The van der Waals surface area contributed by atoms with E-state index in [4.69, 9.17) is 5.21 Å². The van der Waals surface area contributed by atoms with Gasteiger partial charge in [-0.15, -0.1) is 0 Å². The zero-order valence-electron chi connectivity index (χ0n) is 22.0. The van der Waals surface area contributed by atoms with Gasteiger partial charge in [0, 0.05) is 28.9 Å². The van der Waals surface area contributed by atoms with E-state index >= 15 is 0 Å². The largest absolute Gasteiger partial charge is 0.391 e. The van der Waals surface area contributed by atoms with E-state index in [1.807, 2.05) is 6.07 Å². The summed E-state index contributed by atoms with van der Waals surface area (Å²) in [6.07, 6.45) is -1.20. The third kappa shape index (κ3) is 8.79. The molecular formula is C30H32N4O5. The van der Waals surface area contributed by atoms with Gasteiger partial charge in [0.2, 0.25) is 5.91 Å². The second kappa shape index (κ2) is 13.9. The molecule has 0 aliphatic rings. The molecule has 0 fully saturated rings. The Bertz CT molecular complexity index is 1370. The smallest absolute Gasteiger partial charge is 0.268 e. The minimum absolute atomic E-state index is 0.140. The third-order valence-corrected chi connectivity index (χ3v) is 6.01. The molecule has 0 bridgehead atoms. The Hall–Kier alpha value is -4.49. The molecule has 39 heavy (non-hydrogen) atoms. The van der Waals surface area contributed by atoms with Crippen LogP contribution < -0.4 is 21.4 Å². The summed E-state index contributed by atoms with van der Waals surface area (Å²) >= 11 is 0. The Balaban J connectivity index is 1.50. The second-order valence-corrected chi connectivity index (χ2v) is 9.14. The third-order valence-electron chi connectivity index (χ3n) is 6.01. The van der Waals surface area contributed by atoms with Crippen LogP contribution in [0.1, 0.15) is 45.1 Å². The number of nitrogens with one attached hydrogen (secondary N) is 4. The van der Waals surface area contributed by atoms with E-state index in [1.165, 1.54) is 23.5 Å². The Morgan fingerprint density at radius 1 is 0.872 bits per heavy atom. The molecule has 3 aromatic carbocycles. The number of anilines is 1. The van der Waals surface area contributed by atoms with E-state index in [1.54, 1.807) is 48.5 Å². The quantitative estimate of drug-likeness (QED) is 0.143. The maximum atomic E-state index is 12.4. The van der Waals surface area contributed by atoms with Crippen LogP contribution in [-0.4, -0.2) is 46.7 Å². The highest BCUT2D eigenvalue weighted by Gasteiger charge is 2.25. The molecule has 0 spiro atoms. The summed E-state index contributed by atoms with van der Waals surface area (Å²) < 4.78 is 0. The van der Waals surface area contributed by atoms with Crippen molar-refractivity contribution < 1.29 is 24.7 Å². The number of aryl methyl sites for hydroxylation is 2. The summed E-state index contributed by atoms with van der Waals surface area (Å²) in [7, 11) is 0. The van der Waals surface area contributed by atoms with Gasteiger partial charge in [-0.05, 0) is 86.0 Å². The van der Waals surface area contributed by atoms with Crippen molar-refractivity contribution in [2.24, 2.45) is 0 Å². The summed E-state index contributed by atoms with van der Waals surface area (Å²) in [5.41, 5.74) is 7.35. The van der Waals surface area contributed by atoms with Crippen LogP contribution in [0.2, 0.25) is 0 Å². The van der Waals surface area contributed by atoms with E-state index < -0.39 is 24.0 Å². The van der Waals surface area contributed by atoms with Crippen molar-refractivity contribution in [3.8, 4) is 11.8 Å². The highest BCUT2D eigenvalue weighted by molar-refractivity contribution is 5.97. The van der Waals surface area contributed by atoms with E-state index in [2.05, 4.69) is 53.8 Å². The molecule has 0 aliphatic carbocycles. The number of carbonyl (C=O) groups excluding carboxylic acids is 3. The van der Waals surface area contributed by atoms with Crippen LogP contribution in [-0.2, 0) is 16.1 Å². The lowest BCUT2D eigenvalue weighted by molar-refractivity contribution is -0.133. The molecule has 3 rings (SSSR count). The van der Waals surface area contributed by atoms with Gasteiger partial charge in [-0.3, -0.25) is 19.6 Å². The van der Waals surface area contributed by atoms with Gasteiger partial charge >= 0.3 is 0 Å². The number of aliphatic hydroxyl groups is 1. The first-order valence-corrected chi connectivity index (χ1v) is 12.4. The van der Waals surface area contributed by atoms with Gasteiger partial charge in [0.1, 0.15) is 6.04 Å².